The van der Waals surface area contributed by atoms with E-state index in [0.717, 1.165) is 26.2 Å². The molecule has 1 aliphatic heterocycles. The van der Waals surface area contributed by atoms with Crippen molar-refractivity contribution in [3.05, 3.63) is 35.9 Å². The van der Waals surface area contributed by atoms with Gasteiger partial charge in [0, 0.05) is 31.7 Å². The van der Waals surface area contributed by atoms with Crippen LogP contribution >= 0.6 is 0 Å². The molecule has 0 amide bonds. The van der Waals surface area contributed by atoms with Crippen LogP contribution in [-0.4, -0.2) is 43.8 Å². The first-order valence-electron chi connectivity index (χ1n) is 7.77. The number of rotatable bonds is 6. The highest BCUT2D eigenvalue weighted by Crippen LogP contribution is 2.25. The SMILES string of the molecule is CCOC1CCCN(CC(C)(CN)c2ccccc2)C1. The summed E-state index contributed by atoms with van der Waals surface area (Å²) in [5.41, 5.74) is 7.45. The summed E-state index contributed by atoms with van der Waals surface area (Å²) in [6, 6.07) is 10.6. The second-order valence-corrected chi connectivity index (χ2v) is 6.09. The predicted molar refractivity (Wildman–Crippen MR) is 83.9 cm³/mol. The number of hydrogen-bond acceptors (Lipinski definition) is 3. The molecule has 1 aromatic rings. The molecule has 3 nitrogen and oxygen atoms in total. The van der Waals surface area contributed by atoms with Gasteiger partial charge in [-0.15, -0.1) is 0 Å². The number of hydrogen-bond donors (Lipinski definition) is 1. The summed E-state index contributed by atoms with van der Waals surface area (Å²) >= 11 is 0. The molecule has 0 aromatic heterocycles. The van der Waals surface area contributed by atoms with Crippen LogP contribution in [0.15, 0.2) is 30.3 Å². The summed E-state index contributed by atoms with van der Waals surface area (Å²) in [6.07, 6.45) is 2.81. The first-order valence-corrected chi connectivity index (χ1v) is 7.77. The predicted octanol–water partition coefficient (Wildman–Crippen LogP) is 2.40. The molecule has 1 aromatic carbocycles. The lowest BCUT2D eigenvalue weighted by Gasteiger charge is -2.39. The molecule has 2 unspecified atom stereocenters. The quantitative estimate of drug-likeness (QED) is 0.867. The molecule has 3 heteroatoms. The maximum Gasteiger partial charge on any atom is 0.0702 e. The normalized spacial score (nSPS) is 23.4. The van der Waals surface area contributed by atoms with E-state index in [4.69, 9.17) is 10.5 Å². The molecule has 112 valence electrons. The Morgan fingerprint density at radius 2 is 2.10 bits per heavy atom. The molecular weight excluding hydrogens is 248 g/mol. The van der Waals surface area contributed by atoms with Gasteiger partial charge in [-0.25, -0.2) is 0 Å². The van der Waals surface area contributed by atoms with Crippen molar-refractivity contribution in [1.82, 2.24) is 4.90 Å². The maximum absolute atomic E-state index is 6.09. The van der Waals surface area contributed by atoms with Gasteiger partial charge in [0.25, 0.3) is 0 Å². The zero-order valence-corrected chi connectivity index (χ0v) is 12.8. The van der Waals surface area contributed by atoms with Crippen LogP contribution in [0.1, 0.15) is 32.3 Å². The van der Waals surface area contributed by atoms with E-state index in [0.29, 0.717) is 12.6 Å². The largest absolute Gasteiger partial charge is 0.377 e. The van der Waals surface area contributed by atoms with E-state index in [2.05, 4.69) is 49.1 Å². The molecule has 2 rings (SSSR count). The second-order valence-electron chi connectivity index (χ2n) is 6.09. The number of likely N-dealkylation sites (tertiary alicyclic amines) is 1. The van der Waals surface area contributed by atoms with Crippen molar-refractivity contribution in [2.45, 2.75) is 38.2 Å². The smallest absolute Gasteiger partial charge is 0.0702 e. The van der Waals surface area contributed by atoms with Crippen molar-refractivity contribution in [2.75, 3.05) is 32.8 Å². The molecular formula is C17H28N2O. The molecule has 1 fully saturated rings. The minimum atomic E-state index is 0.0232. The highest BCUT2D eigenvalue weighted by molar-refractivity contribution is 5.25. The van der Waals surface area contributed by atoms with Crippen LogP contribution in [0, 0.1) is 0 Å². The fraction of sp³-hybridized carbons (Fsp3) is 0.647. The molecule has 0 saturated carbocycles. The number of nitrogens with two attached hydrogens (primary N) is 1. The van der Waals surface area contributed by atoms with E-state index in [1.54, 1.807) is 0 Å². The monoisotopic (exact) mass is 276 g/mol. The lowest BCUT2D eigenvalue weighted by molar-refractivity contribution is 0.000750. The Kier molecular flexibility index (Phi) is 5.58. The van der Waals surface area contributed by atoms with Crippen molar-refractivity contribution in [3.63, 3.8) is 0 Å². The molecule has 2 N–H and O–H groups in total. The molecule has 0 aliphatic carbocycles. The molecule has 2 atom stereocenters. The van der Waals surface area contributed by atoms with E-state index in [-0.39, 0.29) is 5.41 Å². The summed E-state index contributed by atoms with van der Waals surface area (Å²) in [7, 11) is 0. The van der Waals surface area contributed by atoms with E-state index in [1.165, 1.54) is 18.4 Å². The highest BCUT2D eigenvalue weighted by atomic mass is 16.5. The van der Waals surface area contributed by atoms with Crippen LogP contribution in [-0.2, 0) is 10.2 Å². The standard InChI is InChI=1S/C17H28N2O/c1-3-20-16-10-7-11-19(12-16)14-17(2,13-18)15-8-5-4-6-9-15/h4-6,8-9,16H,3,7,10-14,18H2,1-2H3. The molecule has 1 saturated heterocycles. The van der Waals surface area contributed by atoms with Crippen molar-refractivity contribution in [2.24, 2.45) is 5.73 Å². The van der Waals surface area contributed by atoms with Gasteiger partial charge in [-0.1, -0.05) is 37.3 Å². The Morgan fingerprint density at radius 3 is 2.75 bits per heavy atom. The van der Waals surface area contributed by atoms with Gasteiger partial charge in [-0.05, 0) is 31.9 Å². The Hall–Kier alpha value is -0.900. The number of piperidine rings is 1. The van der Waals surface area contributed by atoms with Crippen LogP contribution in [0.3, 0.4) is 0 Å². The van der Waals surface area contributed by atoms with Gasteiger partial charge in [0.2, 0.25) is 0 Å². The molecule has 1 aliphatic rings. The van der Waals surface area contributed by atoms with Crippen molar-refractivity contribution in [1.29, 1.82) is 0 Å². The third-order valence-electron chi connectivity index (χ3n) is 4.36. The molecule has 0 bridgehead atoms. The maximum atomic E-state index is 6.09. The summed E-state index contributed by atoms with van der Waals surface area (Å²) in [5, 5.41) is 0. The van der Waals surface area contributed by atoms with Crippen molar-refractivity contribution in [3.8, 4) is 0 Å². The third-order valence-corrected chi connectivity index (χ3v) is 4.36. The minimum Gasteiger partial charge on any atom is -0.377 e. The lowest BCUT2D eigenvalue weighted by Crippen LogP contribution is -2.48. The number of ether oxygens (including phenoxy) is 1. The molecule has 20 heavy (non-hydrogen) atoms. The fourth-order valence-corrected chi connectivity index (χ4v) is 3.14. The average Bonchev–Trinajstić information content (AvgIpc) is 2.49. The Labute approximate surface area is 123 Å². The topological polar surface area (TPSA) is 38.5 Å². The Bertz CT molecular complexity index is 393. The Morgan fingerprint density at radius 1 is 1.35 bits per heavy atom. The minimum absolute atomic E-state index is 0.0232. The van der Waals surface area contributed by atoms with Gasteiger partial charge < -0.3 is 10.5 Å². The first kappa shape index (κ1) is 15.5. The molecule has 0 radical (unpaired) electrons. The van der Waals surface area contributed by atoms with Crippen molar-refractivity contribution >= 4 is 0 Å². The average molecular weight is 276 g/mol. The fourth-order valence-electron chi connectivity index (χ4n) is 3.14. The second kappa shape index (κ2) is 7.21. The van der Waals surface area contributed by atoms with Gasteiger partial charge in [0.1, 0.15) is 0 Å². The van der Waals surface area contributed by atoms with Gasteiger partial charge in [0.15, 0.2) is 0 Å². The van der Waals surface area contributed by atoms with Crippen molar-refractivity contribution < 1.29 is 4.74 Å². The van der Waals surface area contributed by atoms with Gasteiger partial charge in [-0.3, -0.25) is 4.90 Å². The van der Waals surface area contributed by atoms with Gasteiger partial charge in [-0.2, -0.15) is 0 Å². The summed E-state index contributed by atoms with van der Waals surface area (Å²) in [4.78, 5) is 2.52. The number of nitrogens with zero attached hydrogens (tertiary/aromatic N) is 1. The summed E-state index contributed by atoms with van der Waals surface area (Å²) in [5.74, 6) is 0. The molecule has 0 spiro atoms. The van der Waals surface area contributed by atoms with Gasteiger partial charge in [0.05, 0.1) is 6.10 Å². The molecule has 1 heterocycles. The van der Waals surface area contributed by atoms with Crippen LogP contribution in [0.4, 0.5) is 0 Å². The Balaban J connectivity index is 2.02. The number of benzene rings is 1. The van der Waals surface area contributed by atoms with Crippen LogP contribution in [0.25, 0.3) is 0 Å². The lowest BCUT2D eigenvalue weighted by atomic mass is 9.81. The zero-order chi connectivity index (χ0) is 14.4. The van der Waals surface area contributed by atoms with E-state index in [9.17, 15) is 0 Å². The van der Waals surface area contributed by atoms with Crippen LogP contribution in [0.2, 0.25) is 0 Å². The highest BCUT2D eigenvalue weighted by Gasteiger charge is 2.30. The van der Waals surface area contributed by atoms with E-state index in [1.807, 2.05) is 0 Å². The zero-order valence-electron chi connectivity index (χ0n) is 12.8. The first-order chi connectivity index (χ1) is 9.68. The van der Waals surface area contributed by atoms with Gasteiger partial charge >= 0.3 is 0 Å². The van der Waals surface area contributed by atoms with E-state index < -0.39 is 0 Å². The summed E-state index contributed by atoms with van der Waals surface area (Å²) in [6.45, 7) is 9.04. The van der Waals surface area contributed by atoms with E-state index >= 15 is 0 Å². The van der Waals surface area contributed by atoms with Crippen LogP contribution in [0.5, 0.6) is 0 Å². The summed E-state index contributed by atoms with van der Waals surface area (Å²) < 4.78 is 5.79. The third kappa shape index (κ3) is 3.81. The van der Waals surface area contributed by atoms with Crippen LogP contribution < -0.4 is 5.73 Å².